The number of ether oxygens (including phenoxy) is 1. The summed E-state index contributed by atoms with van der Waals surface area (Å²) in [6, 6.07) is 12.3. The zero-order valence-electron chi connectivity index (χ0n) is 27.6. The van der Waals surface area contributed by atoms with Gasteiger partial charge in [0.15, 0.2) is 5.76 Å². The number of nitrogens with zero attached hydrogens (tertiary/aromatic N) is 1. The third kappa shape index (κ3) is 10.1. The molecule has 234 valence electrons. The summed E-state index contributed by atoms with van der Waals surface area (Å²) in [4.78, 5) is 4.87. The Morgan fingerprint density at radius 1 is 1.09 bits per heavy atom. The molecule has 5 heteroatoms. The molecule has 1 fully saturated rings. The maximum atomic E-state index is 6.71. The molecule has 43 heavy (non-hydrogen) atoms. The van der Waals surface area contributed by atoms with Gasteiger partial charge in [-0.2, -0.15) is 0 Å². The second-order valence-corrected chi connectivity index (χ2v) is 11.8. The molecule has 3 rings (SSSR count). The van der Waals surface area contributed by atoms with E-state index in [4.69, 9.17) is 14.1 Å². The zero-order valence-corrected chi connectivity index (χ0v) is 27.6. The minimum absolute atomic E-state index is 0.339. The fourth-order valence-corrected chi connectivity index (χ4v) is 5.90. The molecule has 0 saturated carbocycles. The molecule has 0 bridgehead atoms. The minimum atomic E-state index is 0.339. The van der Waals surface area contributed by atoms with Crippen molar-refractivity contribution in [2.45, 2.75) is 86.0 Å². The quantitative estimate of drug-likeness (QED) is 0.132. The number of furan rings is 1. The summed E-state index contributed by atoms with van der Waals surface area (Å²) in [5.41, 5.74) is 5.19. The van der Waals surface area contributed by atoms with Crippen LogP contribution in [0.3, 0.4) is 0 Å². The van der Waals surface area contributed by atoms with Crippen molar-refractivity contribution in [2.75, 3.05) is 25.6 Å². The van der Waals surface area contributed by atoms with Crippen molar-refractivity contribution in [1.29, 1.82) is 0 Å². The lowest BCUT2D eigenvalue weighted by molar-refractivity contribution is 0.0936. The number of hydrogen-bond acceptors (Lipinski definition) is 4. The van der Waals surface area contributed by atoms with Crippen molar-refractivity contribution >= 4 is 28.2 Å². The second-order valence-electron chi connectivity index (χ2n) is 11.8. The normalized spacial score (nSPS) is 18.7. The number of nitrogens with one attached hydrogen (secondary N) is 2. The van der Waals surface area contributed by atoms with Crippen LogP contribution < -0.4 is 10.6 Å². The molecule has 0 aliphatic carbocycles. The summed E-state index contributed by atoms with van der Waals surface area (Å²) < 4.78 is 12.5. The topological polar surface area (TPSA) is 58.8 Å². The summed E-state index contributed by atoms with van der Waals surface area (Å²) >= 11 is 0. The molecule has 1 saturated heterocycles. The monoisotopic (exact) mass is 585 g/mol. The number of aliphatic imine (C=N–C) groups is 1. The lowest BCUT2D eigenvalue weighted by Gasteiger charge is -2.28. The van der Waals surface area contributed by atoms with Crippen LogP contribution in [0, 0.1) is 17.8 Å². The molecule has 0 spiro atoms. The average Bonchev–Trinajstić information content (AvgIpc) is 3.42. The predicted octanol–water partition coefficient (Wildman–Crippen LogP) is 10.4. The van der Waals surface area contributed by atoms with Gasteiger partial charge in [0.25, 0.3) is 0 Å². The van der Waals surface area contributed by atoms with Gasteiger partial charge in [-0.3, -0.25) is 0 Å². The van der Waals surface area contributed by atoms with Gasteiger partial charge < -0.3 is 19.8 Å². The lowest BCUT2D eigenvalue weighted by atomic mass is 9.81. The van der Waals surface area contributed by atoms with Gasteiger partial charge in [0.05, 0.1) is 5.69 Å². The highest BCUT2D eigenvalue weighted by molar-refractivity contribution is 5.97. The lowest BCUT2D eigenvalue weighted by Crippen LogP contribution is -2.20. The average molecular weight is 586 g/mol. The zero-order chi connectivity index (χ0) is 31.2. The third-order valence-corrected chi connectivity index (χ3v) is 8.81. The molecule has 2 N–H and O–H groups in total. The number of anilines is 1. The molecular formula is C38H55N3O2. The maximum Gasteiger partial charge on any atom is 0.153 e. The van der Waals surface area contributed by atoms with Gasteiger partial charge in [-0.25, -0.2) is 4.99 Å². The molecule has 1 aliphatic heterocycles. The first kappa shape index (κ1) is 34.2. The first-order chi connectivity index (χ1) is 20.8. The van der Waals surface area contributed by atoms with Crippen LogP contribution in [-0.2, 0) is 4.74 Å². The van der Waals surface area contributed by atoms with Gasteiger partial charge in [-0.05, 0) is 91.6 Å². The van der Waals surface area contributed by atoms with Crippen molar-refractivity contribution in [3.05, 3.63) is 84.6 Å². The molecule has 1 aliphatic rings. The van der Waals surface area contributed by atoms with Crippen LogP contribution in [0.2, 0.25) is 0 Å². The van der Waals surface area contributed by atoms with Crippen LogP contribution >= 0.6 is 0 Å². The molecule has 2 heterocycles. The molecule has 2 unspecified atom stereocenters. The Kier molecular flexibility index (Phi) is 14.1. The molecule has 2 atom stereocenters. The van der Waals surface area contributed by atoms with E-state index in [9.17, 15) is 0 Å². The molecular weight excluding hydrogens is 530 g/mol. The Hall–Kier alpha value is -3.31. The summed E-state index contributed by atoms with van der Waals surface area (Å²) in [5.74, 6) is 4.83. The third-order valence-electron chi connectivity index (χ3n) is 8.81. The van der Waals surface area contributed by atoms with E-state index in [0.29, 0.717) is 11.8 Å². The van der Waals surface area contributed by atoms with Gasteiger partial charge >= 0.3 is 0 Å². The van der Waals surface area contributed by atoms with Crippen LogP contribution in [0.1, 0.15) is 103 Å². The first-order valence-electron chi connectivity index (χ1n) is 16.4. The fraction of sp³-hybridized carbons (Fsp3) is 0.500. The largest absolute Gasteiger partial charge is 0.455 e. The van der Waals surface area contributed by atoms with E-state index in [-0.39, 0.29) is 0 Å². The van der Waals surface area contributed by atoms with Crippen molar-refractivity contribution in [1.82, 2.24) is 5.32 Å². The molecule has 0 amide bonds. The second kappa shape index (κ2) is 17.7. The van der Waals surface area contributed by atoms with Gasteiger partial charge in [0, 0.05) is 26.3 Å². The molecule has 1 aromatic carbocycles. The van der Waals surface area contributed by atoms with Crippen LogP contribution in [-0.4, -0.2) is 26.1 Å². The Morgan fingerprint density at radius 3 is 2.51 bits per heavy atom. The summed E-state index contributed by atoms with van der Waals surface area (Å²) in [6.45, 7) is 21.6. The number of amidine groups is 1. The van der Waals surface area contributed by atoms with Crippen LogP contribution in [0.5, 0.6) is 0 Å². The molecule has 1 aromatic heterocycles. The van der Waals surface area contributed by atoms with Crippen molar-refractivity contribution in [2.24, 2.45) is 22.7 Å². The molecule has 5 nitrogen and oxygen atoms in total. The Balaban J connectivity index is 1.94. The van der Waals surface area contributed by atoms with Crippen LogP contribution in [0.25, 0.3) is 16.7 Å². The standard InChI is InChI=1S/C38H55N3O2/c1-9-31(10-2)17-15-20-32(11-3)36-26-35(38(43-36)29(6)34-21-16-23-42-24-22-27(34)4)40-30(7)41-37(39-8)25-28(5)33-18-13-12-14-19-33/h12-14,18-20,25-27,31,34,39H,5-6,9-11,15-17,21-24H2,1-4,7-8H3,(H,40,41)/b32-20+,37-25+. The van der Waals surface area contributed by atoms with Crippen LogP contribution in [0.4, 0.5) is 5.69 Å². The maximum absolute atomic E-state index is 6.71. The molecule has 0 radical (unpaired) electrons. The summed E-state index contributed by atoms with van der Waals surface area (Å²) in [7, 11) is 1.88. The molecule has 2 aromatic rings. The smallest absolute Gasteiger partial charge is 0.153 e. The van der Waals surface area contributed by atoms with Crippen LogP contribution in [0.15, 0.2) is 76.9 Å². The summed E-state index contributed by atoms with van der Waals surface area (Å²) in [6.07, 6.45) is 13.1. The Labute approximate surface area is 261 Å². The highest BCUT2D eigenvalue weighted by atomic mass is 16.5. The van der Waals surface area contributed by atoms with E-state index in [2.05, 4.69) is 75.8 Å². The number of rotatable bonds is 14. The van der Waals surface area contributed by atoms with Crippen molar-refractivity contribution in [3.8, 4) is 0 Å². The van der Waals surface area contributed by atoms with Crippen molar-refractivity contribution < 1.29 is 9.15 Å². The fourth-order valence-electron chi connectivity index (χ4n) is 5.90. The van der Waals surface area contributed by atoms with E-state index < -0.39 is 0 Å². The minimum Gasteiger partial charge on any atom is -0.455 e. The Morgan fingerprint density at radius 2 is 1.84 bits per heavy atom. The van der Waals surface area contributed by atoms with Gasteiger partial charge in [-0.15, -0.1) is 0 Å². The Bertz CT molecular complexity index is 1260. The van der Waals surface area contributed by atoms with Gasteiger partial charge in [-0.1, -0.05) is 90.1 Å². The van der Waals surface area contributed by atoms with Gasteiger partial charge in [0.1, 0.15) is 17.4 Å². The SMILES string of the molecule is C=C(/C=C(/N=C(C)Nc1cc(/C(=C/CCC(CC)CC)CC)oc1C(=C)C1CCCOCCC1C)NC)c1ccccc1. The highest BCUT2D eigenvalue weighted by Gasteiger charge is 2.27. The number of benzene rings is 1. The van der Waals surface area contributed by atoms with E-state index in [1.807, 2.05) is 38.2 Å². The van der Waals surface area contributed by atoms with E-state index in [1.54, 1.807) is 0 Å². The predicted molar refractivity (Wildman–Crippen MR) is 186 cm³/mol. The summed E-state index contributed by atoms with van der Waals surface area (Å²) in [5, 5.41) is 6.79. The number of hydrogen-bond donors (Lipinski definition) is 2. The van der Waals surface area contributed by atoms with E-state index in [0.717, 1.165) is 96.8 Å². The van der Waals surface area contributed by atoms with Crippen molar-refractivity contribution in [3.63, 3.8) is 0 Å². The van der Waals surface area contributed by atoms with E-state index in [1.165, 1.54) is 24.8 Å². The number of allylic oxidation sites excluding steroid dienone is 5. The van der Waals surface area contributed by atoms with Gasteiger partial charge in [0.2, 0.25) is 0 Å². The highest BCUT2D eigenvalue weighted by Crippen LogP contribution is 2.40. The first-order valence-corrected chi connectivity index (χ1v) is 16.4. The van der Waals surface area contributed by atoms with E-state index >= 15 is 0 Å².